The Balaban J connectivity index is 0.000000708. The first-order valence-electron chi connectivity index (χ1n) is 10.3. The molecule has 4 aromatic carbocycles. The molecule has 0 nitrogen and oxygen atoms in total. The Morgan fingerprint density at radius 1 is 0.438 bits per heavy atom. The molecule has 0 atom stereocenters. The summed E-state index contributed by atoms with van der Waals surface area (Å²) >= 11 is 0. The van der Waals surface area contributed by atoms with E-state index in [1.807, 2.05) is 0 Å². The third-order valence-corrected chi connectivity index (χ3v) is 9.10. The van der Waals surface area contributed by atoms with Crippen LogP contribution in [0.4, 0.5) is 0 Å². The maximum Gasteiger partial charge on any atom is 2.00 e. The molecule has 0 heterocycles. The summed E-state index contributed by atoms with van der Waals surface area (Å²) in [6, 6.07) is 36.2. The van der Waals surface area contributed by atoms with Gasteiger partial charge in [-0.25, -0.2) is 0 Å². The third-order valence-electron chi connectivity index (χ3n) is 6.40. The minimum atomic E-state index is -0.470. The van der Waals surface area contributed by atoms with Crippen LogP contribution < -0.4 is 24.8 Å². The summed E-state index contributed by atoms with van der Waals surface area (Å²) < 4.78 is 0. The molecule has 2 aliphatic carbocycles. The monoisotopic (exact) mass is 548 g/mol. The molecule has 0 radical (unpaired) electrons. The van der Waals surface area contributed by atoms with Gasteiger partial charge in [-0.05, 0) is 55.6 Å². The second kappa shape index (κ2) is 11.4. The number of hydrogen-bond acceptors (Lipinski definition) is 0. The predicted octanol–water partition coefficient (Wildman–Crippen LogP) is 0.503. The van der Waals surface area contributed by atoms with Gasteiger partial charge in [-0.3, -0.25) is 0 Å². The standard InChI is InChI=1S/C26H20Si.C2H4.2ClH.Zr/c1-5-13-21-17(9-1)18-10-2-6-14-22(18)25(21)27-26-23-15-7-3-11-19(23)20-12-4-8-16-24(20)26;1-2;;;/h1-16,25-26H,27H2;1-2H2;2*1H;/q;;;;+2/p-2. The topological polar surface area (TPSA) is 0 Å². The molecule has 0 spiro atoms. The minimum Gasteiger partial charge on any atom is -1.00 e. The molecule has 0 saturated heterocycles. The maximum absolute atomic E-state index is 3.00. The van der Waals surface area contributed by atoms with Crippen molar-refractivity contribution in [2.45, 2.75) is 11.1 Å². The Labute approximate surface area is 224 Å². The summed E-state index contributed by atoms with van der Waals surface area (Å²) in [5, 5.41) is 0. The van der Waals surface area contributed by atoms with Gasteiger partial charge < -0.3 is 24.8 Å². The van der Waals surface area contributed by atoms with Gasteiger partial charge in [0, 0.05) is 9.52 Å². The van der Waals surface area contributed by atoms with Gasteiger partial charge in [-0.15, -0.1) is 13.2 Å². The first kappa shape index (κ1) is 26.6. The zero-order valence-electron chi connectivity index (χ0n) is 17.8. The minimum absolute atomic E-state index is 0. The van der Waals surface area contributed by atoms with Crippen molar-refractivity contribution in [1.29, 1.82) is 0 Å². The molecule has 0 bridgehead atoms. The largest absolute Gasteiger partial charge is 2.00 e. The van der Waals surface area contributed by atoms with E-state index in [1.165, 1.54) is 22.3 Å². The second-order valence-electron chi connectivity index (χ2n) is 7.69. The Morgan fingerprint density at radius 3 is 0.906 bits per heavy atom. The van der Waals surface area contributed by atoms with Crippen molar-refractivity contribution in [2.75, 3.05) is 0 Å². The summed E-state index contributed by atoms with van der Waals surface area (Å²) in [7, 11) is -0.470. The van der Waals surface area contributed by atoms with E-state index in [2.05, 4.69) is 110 Å². The van der Waals surface area contributed by atoms with Crippen molar-refractivity contribution in [3.63, 3.8) is 0 Å². The SMILES string of the molecule is C=C.[Cl-].[Cl-].[Zr+2].c1ccc2c(c1)-c1ccccc1C2[SiH2]C1c2ccccc2-c2ccccc21. The fraction of sp³-hybridized carbons (Fsp3) is 0.0714. The van der Waals surface area contributed by atoms with Crippen LogP contribution >= 0.6 is 0 Å². The van der Waals surface area contributed by atoms with E-state index in [9.17, 15) is 0 Å². The molecule has 4 heteroatoms. The predicted molar refractivity (Wildman–Crippen MR) is 127 cm³/mol. The van der Waals surface area contributed by atoms with E-state index in [0.29, 0.717) is 11.1 Å². The molecule has 0 aromatic heterocycles. The van der Waals surface area contributed by atoms with Gasteiger partial charge in [0.05, 0.1) is 0 Å². The average Bonchev–Trinajstić information content (AvgIpc) is 3.30. The third kappa shape index (κ3) is 4.27. The van der Waals surface area contributed by atoms with Crippen LogP contribution in [0.5, 0.6) is 0 Å². The van der Waals surface area contributed by atoms with Gasteiger partial charge in [0.15, 0.2) is 0 Å². The van der Waals surface area contributed by atoms with Crippen molar-refractivity contribution in [3.05, 3.63) is 132 Å². The van der Waals surface area contributed by atoms with Gasteiger partial charge in [0.1, 0.15) is 0 Å². The van der Waals surface area contributed by atoms with E-state index in [-0.39, 0.29) is 51.0 Å². The number of benzene rings is 4. The van der Waals surface area contributed by atoms with Crippen molar-refractivity contribution in [1.82, 2.24) is 0 Å². The van der Waals surface area contributed by atoms with Crippen molar-refractivity contribution >= 4 is 9.52 Å². The van der Waals surface area contributed by atoms with Gasteiger partial charge in [0.2, 0.25) is 0 Å². The molecule has 0 unspecified atom stereocenters. The molecule has 32 heavy (non-hydrogen) atoms. The molecule has 0 N–H and O–H groups in total. The van der Waals surface area contributed by atoms with Crippen molar-refractivity contribution in [3.8, 4) is 22.3 Å². The molecular formula is C28H24Cl2SiZr. The van der Waals surface area contributed by atoms with Gasteiger partial charge >= 0.3 is 26.2 Å². The van der Waals surface area contributed by atoms with Crippen LogP contribution in [0.1, 0.15) is 33.3 Å². The molecule has 0 aliphatic heterocycles. The first-order chi connectivity index (χ1) is 14.4. The van der Waals surface area contributed by atoms with E-state index < -0.39 is 9.52 Å². The Bertz CT molecular complexity index is 1020. The molecular weight excluding hydrogens is 527 g/mol. The van der Waals surface area contributed by atoms with Crippen LogP contribution in [0.2, 0.25) is 0 Å². The molecule has 4 aromatic rings. The summed E-state index contributed by atoms with van der Waals surface area (Å²) in [6.07, 6.45) is 0. The molecule has 158 valence electrons. The Kier molecular flexibility index (Phi) is 9.49. The zero-order chi connectivity index (χ0) is 19.8. The smallest absolute Gasteiger partial charge is 1.00 e. The molecule has 0 saturated carbocycles. The quantitative estimate of drug-likeness (QED) is 0.252. The van der Waals surface area contributed by atoms with Gasteiger partial charge in [-0.1, -0.05) is 97.1 Å². The Hall–Kier alpha value is -1.70. The molecule has 0 amide bonds. The van der Waals surface area contributed by atoms with E-state index in [0.717, 1.165) is 0 Å². The van der Waals surface area contributed by atoms with Crippen molar-refractivity contribution < 1.29 is 51.0 Å². The fourth-order valence-electron chi connectivity index (χ4n) is 5.26. The normalized spacial score (nSPS) is 12.4. The number of rotatable bonds is 2. The molecule has 0 fully saturated rings. The fourth-order valence-corrected chi connectivity index (χ4v) is 8.17. The number of hydrogen-bond donors (Lipinski definition) is 0. The molecule has 2 aliphatic rings. The average molecular weight is 551 g/mol. The zero-order valence-corrected chi connectivity index (χ0v) is 23.2. The Morgan fingerprint density at radius 2 is 0.656 bits per heavy atom. The number of fused-ring (bicyclic) bond motifs is 6. The van der Waals surface area contributed by atoms with Crippen LogP contribution in [-0.2, 0) is 26.2 Å². The number of halogens is 2. The van der Waals surface area contributed by atoms with Crippen LogP contribution in [0.3, 0.4) is 0 Å². The molecule has 6 rings (SSSR count). The van der Waals surface area contributed by atoms with E-state index in [1.54, 1.807) is 22.3 Å². The van der Waals surface area contributed by atoms with Crippen LogP contribution in [0.15, 0.2) is 110 Å². The van der Waals surface area contributed by atoms with Crippen molar-refractivity contribution in [2.24, 2.45) is 0 Å². The van der Waals surface area contributed by atoms with E-state index in [4.69, 9.17) is 0 Å². The summed E-state index contributed by atoms with van der Waals surface area (Å²) in [5.41, 5.74) is 13.2. The van der Waals surface area contributed by atoms with Crippen LogP contribution in [-0.4, -0.2) is 9.52 Å². The summed E-state index contributed by atoms with van der Waals surface area (Å²) in [4.78, 5) is 0. The van der Waals surface area contributed by atoms with E-state index >= 15 is 0 Å². The first-order valence-corrected chi connectivity index (χ1v) is 11.9. The van der Waals surface area contributed by atoms with Crippen LogP contribution in [0.25, 0.3) is 22.3 Å². The van der Waals surface area contributed by atoms with Gasteiger partial charge in [-0.2, -0.15) is 0 Å². The van der Waals surface area contributed by atoms with Gasteiger partial charge in [0.25, 0.3) is 0 Å². The summed E-state index contributed by atoms with van der Waals surface area (Å²) in [5.74, 6) is 0. The van der Waals surface area contributed by atoms with Crippen LogP contribution in [0, 0.1) is 0 Å². The second-order valence-corrected chi connectivity index (χ2v) is 9.79. The maximum atomic E-state index is 3.00. The summed E-state index contributed by atoms with van der Waals surface area (Å²) in [6.45, 7) is 6.00.